The zero-order chi connectivity index (χ0) is 19.1. The molecule has 27 heavy (non-hydrogen) atoms. The third-order valence-corrected chi connectivity index (χ3v) is 6.54. The van der Waals surface area contributed by atoms with Gasteiger partial charge in [-0.25, -0.2) is 0 Å². The van der Waals surface area contributed by atoms with Crippen molar-refractivity contribution in [2.75, 3.05) is 39.9 Å². The van der Waals surface area contributed by atoms with Gasteiger partial charge in [0.15, 0.2) is 0 Å². The highest BCUT2D eigenvalue weighted by atomic mass is 32.1. The Balaban J connectivity index is 1.50. The van der Waals surface area contributed by atoms with Crippen molar-refractivity contribution in [3.8, 4) is 0 Å². The molecule has 2 aliphatic rings. The number of piperidine rings is 1. The molecule has 1 N–H and O–H groups in total. The number of carbonyl (C=O) groups is 2. The number of carbonyl (C=O) groups excluding carboxylic acids is 2. The molecule has 0 radical (unpaired) electrons. The quantitative estimate of drug-likeness (QED) is 0.687. The topological polar surface area (TPSA) is 61.9 Å². The summed E-state index contributed by atoms with van der Waals surface area (Å²) in [5, 5.41) is 4.98. The fourth-order valence-corrected chi connectivity index (χ4v) is 4.79. The van der Waals surface area contributed by atoms with Crippen LogP contribution in [0.3, 0.4) is 0 Å². The summed E-state index contributed by atoms with van der Waals surface area (Å²) in [6.07, 6.45) is 4.67. The number of hydrogen-bond donors (Lipinski definition) is 1. The number of methoxy groups -OCH3 is 1. The van der Waals surface area contributed by atoms with Crippen LogP contribution < -0.4 is 5.32 Å². The maximum absolute atomic E-state index is 12.8. The molecule has 1 unspecified atom stereocenters. The van der Waals surface area contributed by atoms with Crippen molar-refractivity contribution in [2.24, 2.45) is 5.92 Å². The van der Waals surface area contributed by atoms with Gasteiger partial charge in [-0.05, 0) is 43.0 Å². The van der Waals surface area contributed by atoms with E-state index in [-0.39, 0.29) is 24.3 Å². The Bertz CT molecular complexity index is 600. The standard InChI is InChI=1S/C20H31N3O3S/c1-26-12-2-4-16-6-9-22(10-7-16)19(24)14-18-20(25)21-8-11-23(18)15-17-5-3-13-27-17/h3,5,13,16,18H,2,4,6-12,14-15H2,1H3,(H,21,25). The van der Waals surface area contributed by atoms with Gasteiger partial charge in [0.05, 0.1) is 12.5 Å². The van der Waals surface area contributed by atoms with Gasteiger partial charge in [-0.3, -0.25) is 14.5 Å². The Kier molecular flexibility index (Phi) is 7.67. The minimum atomic E-state index is -0.354. The van der Waals surface area contributed by atoms with Crippen molar-refractivity contribution < 1.29 is 14.3 Å². The summed E-state index contributed by atoms with van der Waals surface area (Å²) in [7, 11) is 1.74. The van der Waals surface area contributed by atoms with Crippen molar-refractivity contribution in [1.82, 2.24) is 15.1 Å². The largest absolute Gasteiger partial charge is 0.385 e. The van der Waals surface area contributed by atoms with E-state index in [0.717, 1.165) is 52.0 Å². The van der Waals surface area contributed by atoms with Gasteiger partial charge in [-0.15, -0.1) is 11.3 Å². The molecule has 7 heteroatoms. The van der Waals surface area contributed by atoms with Crippen LogP contribution in [-0.4, -0.2) is 67.6 Å². The summed E-state index contributed by atoms with van der Waals surface area (Å²) in [5.74, 6) is 0.793. The Morgan fingerprint density at radius 2 is 2.15 bits per heavy atom. The summed E-state index contributed by atoms with van der Waals surface area (Å²) in [5.41, 5.74) is 0. The Morgan fingerprint density at radius 3 is 2.85 bits per heavy atom. The van der Waals surface area contributed by atoms with Gasteiger partial charge in [0.2, 0.25) is 11.8 Å². The van der Waals surface area contributed by atoms with Gasteiger partial charge in [-0.1, -0.05) is 6.07 Å². The lowest BCUT2D eigenvalue weighted by Gasteiger charge is -2.37. The van der Waals surface area contributed by atoms with E-state index >= 15 is 0 Å². The van der Waals surface area contributed by atoms with Gasteiger partial charge in [0, 0.05) is 51.3 Å². The van der Waals surface area contributed by atoms with E-state index in [1.807, 2.05) is 11.0 Å². The van der Waals surface area contributed by atoms with E-state index in [4.69, 9.17) is 4.74 Å². The molecule has 0 bridgehead atoms. The van der Waals surface area contributed by atoms with Crippen LogP contribution in [-0.2, 0) is 20.9 Å². The molecular weight excluding hydrogens is 362 g/mol. The average molecular weight is 394 g/mol. The first kappa shape index (κ1) is 20.3. The number of thiophene rings is 1. The maximum atomic E-state index is 12.8. The molecule has 1 aromatic heterocycles. The van der Waals surface area contributed by atoms with Crippen LogP contribution in [0, 0.1) is 5.92 Å². The zero-order valence-corrected chi connectivity index (χ0v) is 17.0. The summed E-state index contributed by atoms with van der Waals surface area (Å²) >= 11 is 1.70. The number of nitrogens with zero attached hydrogens (tertiary/aromatic N) is 2. The molecule has 1 atom stereocenters. The Hall–Kier alpha value is -1.44. The normalized spacial score (nSPS) is 22.0. The first-order valence-electron chi connectivity index (χ1n) is 9.98. The number of nitrogens with one attached hydrogen (secondary N) is 1. The molecule has 6 nitrogen and oxygen atoms in total. The highest BCUT2D eigenvalue weighted by Gasteiger charge is 2.33. The molecule has 150 valence electrons. The van der Waals surface area contributed by atoms with Gasteiger partial charge in [0.1, 0.15) is 0 Å². The SMILES string of the molecule is COCCCC1CCN(C(=O)CC2C(=O)NCCN2Cc2cccs2)CC1. The predicted molar refractivity (Wildman–Crippen MR) is 107 cm³/mol. The first-order chi connectivity index (χ1) is 13.2. The van der Waals surface area contributed by atoms with Crippen molar-refractivity contribution in [3.63, 3.8) is 0 Å². The van der Waals surface area contributed by atoms with Crippen LogP contribution in [0.4, 0.5) is 0 Å². The minimum Gasteiger partial charge on any atom is -0.385 e. The zero-order valence-electron chi connectivity index (χ0n) is 16.2. The fourth-order valence-electron chi connectivity index (χ4n) is 4.06. The number of amides is 2. The minimum absolute atomic E-state index is 0.0133. The number of piperazine rings is 1. The molecular formula is C20H31N3O3S. The molecule has 0 spiro atoms. The third kappa shape index (κ3) is 5.77. The highest BCUT2D eigenvalue weighted by molar-refractivity contribution is 7.09. The summed E-state index contributed by atoms with van der Waals surface area (Å²) in [6, 6.07) is 3.76. The number of rotatable bonds is 8. The number of ether oxygens (including phenoxy) is 1. The van der Waals surface area contributed by atoms with Crippen molar-refractivity contribution in [3.05, 3.63) is 22.4 Å². The molecule has 3 rings (SSSR count). The van der Waals surface area contributed by atoms with Crippen LogP contribution in [0.5, 0.6) is 0 Å². The lowest BCUT2D eigenvalue weighted by Crippen LogP contribution is -2.56. The lowest BCUT2D eigenvalue weighted by atomic mass is 9.92. The van der Waals surface area contributed by atoms with Crippen LogP contribution in [0.15, 0.2) is 17.5 Å². The van der Waals surface area contributed by atoms with Crippen LogP contribution in [0.25, 0.3) is 0 Å². The molecule has 1 aromatic rings. The fraction of sp³-hybridized carbons (Fsp3) is 0.700. The molecule has 2 saturated heterocycles. The second kappa shape index (κ2) is 10.2. The molecule has 2 amide bonds. The van der Waals surface area contributed by atoms with Crippen molar-refractivity contribution >= 4 is 23.2 Å². The van der Waals surface area contributed by atoms with E-state index in [0.29, 0.717) is 12.5 Å². The molecule has 0 aliphatic carbocycles. The van der Waals surface area contributed by atoms with Gasteiger partial charge >= 0.3 is 0 Å². The van der Waals surface area contributed by atoms with E-state index < -0.39 is 0 Å². The highest BCUT2D eigenvalue weighted by Crippen LogP contribution is 2.24. The number of hydrogen-bond acceptors (Lipinski definition) is 5. The maximum Gasteiger partial charge on any atom is 0.237 e. The molecule has 0 aromatic carbocycles. The Morgan fingerprint density at radius 1 is 1.33 bits per heavy atom. The lowest BCUT2D eigenvalue weighted by molar-refractivity contribution is -0.140. The summed E-state index contributed by atoms with van der Waals surface area (Å²) in [4.78, 5) is 30.6. The van der Waals surface area contributed by atoms with E-state index in [1.54, 1.807) is 18.4 Å². The van der Waals surface area contributed by atoms with Crippen LogP contribution in [0.2, 0.25) is 0 Å². The van der Waals surface area contributed by atoms with Crippen molar-refractivity contribution in [1.29, 1.82) is 0 Å². The Labute approximate surface area is 165 Å². The van der Waals surface area contributed by atoms with E-state index in [9.17, 15) is 9.59 Å². The predicted octanol–water partition coefficient (Wildman–Crippen LogP) is 2.10. The summed E-state index contributed by atoms with van der Waals surface area (Å²) in [6.45, 7) is 4.64. The second-order valence-electron chi connectivity index (χ2n) is 7.52. The van der Waals surface area contributed by atoms with Crippen LogP contribution in [0.1, 0.15) is 37.0 Å². The molecule has 2 aliphatic heterocycles. The molecule has 2 fully saturated rings. The van der Waals surface area contributed by atoms with Gasteiger partial charge in [0.25, 0.3) is 0 Å². The van der Waals surface area contributed by atoms with E-state index in [1.165, 1.54) is 11.3 Å². The van der Waals surface area contributed by atoms with Gasteiger partial charge in [-0.2, -0.15) is 0 Å². The molecule has 0 saturated carbocycles. The van der Waals surface area contributed by atoms with Crippen LogP contribution >= 0.6 is 11.3 Å². The first-order valence-corrected chi connectivity index (χ1v) is 10.9. The third-order valence-electron chi connectivity index (χ3n) is 5.68. The second-order valence-corrected chi connectivity index (χ2v) is 8.55. The smallest absolute Gasteiger partial charge is 0.237 e. The van der Waals surface area contributed by atoms with E-state index in [2.05, 4.69) is 21.7 Å². The summed E-state index contributed by atoms with van der Waals surface area (Å²) < 4.78 is 5.13. The monoisotopic (exact) mass is 393 g/mol. The van der Waals surface area contributed by atoms with Gasteiger partial charge < -0.3 is 15.0 Å². The number of likely N-dealkylation sites (tertiary alicyclic amines) is 1. The average Bonchev–Trinajstić information content (AvgIpc) is 3.18. The molecule has 3 heterocycles. The van der Waals surface area contributed by atoms with Crippen molar-refractivity contribution in [2.45, 2.75) is 44.7 Å².